The van der Waals surface area contributed by atoms with Crippen molar-refractivity contribution in [2.75, 3.05) is 0 Å². The first kappa shape index (κ1) is 12.0. The van der Waals surface area contributed by atoms with Crippen LogP contribution in [0.4, 0.5) is 0 Å². The topological polar surface area (TPSA) is 72.2 Å². The number of aryl methyl sites for hydroxylation is 2. The summed E-state index contributed by atoms with van der Waals surface area (Å²) in [5, 5.41) is 12.7. The second-order valence-electron chi connectivity index (χ2n) is 4.06. The average molecular weight is 244 g/mol. The second-order valence-corrected chi connectivity index (χ2v) is 4.06. The first-order chi connectivity index (χ1) is 8.49. The Bertz CT molecular complexity index is 674. The van der Waals surface area contributed by atoms with Crippen LogP contribution in [0.5, 0.6) is 0 Å². The van der Waals surface area contributed by atoms with Crippen LogP contribution in [0.15, 0.2) is 35.1 Å². The van der Waals surface area contributed by atoms with Crippen LogP contribution in [0.2, 0.25) is 0 Å². The van der Waals surface area contributed by atoms with Crippen molar-refractivity contribution < 1.29 is 9.90 Å². The van der Waals surface area contributed by atoms with Gasteiger partial charge in [-0.2, -0.15) is 9.78 Å². The number of rotatable bonds is 2. The molecule has 0 atom stereocenters. The van der Waals surface area contributed by atoms with Gasteiger partial charge in [0.05, 0.1) is 5.69 Å². The van der Waals surface area contributed by atoms with Crippen LogP contribution in [0, 0.1) is 13.8 Å². The molecule has 0 fully saturated rings. The Morgan fingerprint density at radius 2 is 1.94 bits per heavy atom. The molecular weight excluding hydrogens is 232 g/mol. The van der Waals surface area contributed by atoms with Gasteiger partial charge >= 0.3 is 5.97 Å². The quantitative estimate of drug-likeness (QED) is 0.869. The predicted molar refractivity (Wildman–Crippen MR) is 66.3 cm³/mol. The summed E-state index contributed by atoms with van der Waals surface area (Å²) in [6, 6.07) is 8.00. The van der Waals surface area contributed by atoms with Crippen molar-refractivity contribution in [1.29, 1.82) is 0 Å². The van der Waals surface area contributed by atoms with Crippen LogP contribution in [0.3, 0.4) is 0 Å². The van der Waals surface area contributed by atoms with Crippen LogP contribution in [-0.4, -0.2) is 20.9 Å². The lowest BCUT2D eigenvalue weighted by molar-refractivity contribution is 0.0688. The molecule has 0 unspecified atom stereocenters. The summed E-state index contributed by atoms with van der Waals surface area (Å²) in [7, 11) is 0. The van der Waals surface area contributed by atoms with Gasteiger partial charge < -0.3 is 5.11 Å². The minimum atomic E-state index is -1.16. The second kappa shape index (κ2) is 4.44. The summed E-state index contributed by atoms with van der Waals surface area (Å²) in [5.74, 6) is -1.16. The van der Waals surface area contributed by atoms with Gasteiger partial charge in [-0.1, -0.05) is 12.1 Å². The van der Waals surface area contributed by atoms with E-state index in [2.05, 4.69) is 5.10 Å². The fourth-order valence-electron chi connectivity index (χ4n) is 1.65. The maximum Gasteiger partial charge on any atom is 0.356 e. The molecule has 0 saturated heterocycles. The fraction of sp³-hybridized carbons (Fsp3) is 0.154. The molecule has 0 aliphatic carbocycles. The van der Waals surface area contributed by atoms with Crippen LogP contribution in [0.1, 0.15) is 21.6 Å². The summed E-state index contributed by atoms with van der Waals surface area (Å²) in [6.07, 6.45) is 0. The number of carbonyl (C=O) groups is 1. The molecule has 5 heteroatoms. The normalized spacial score (nSPS) is 10.3. The largest absolute Gasteiger partial charge is 0.476 e. The number of aromatic nitrogens is 2. The summed E-state index contributed by atoms with van der Waals surface area (Å²) < 4.78 is 1.12. The number of carboxylic acid groups (broad SMARTS) is 1. The number of aromatic carboxylic acids is 1. The first-order valence-corrected chi connectivity index (χ1v) is 5.40. The lowest BCUT2D eigenvalue weighted by Gasteiger charge is -2.09. The highest BCUT2D eigenvalue weighted by atomic mass is 16.4. The molecule has 18 heavy (non-hydrogen) atoms. The molecule has 1 aromatic heterocycles. The van der Waals surface area contributed by atoms with E-state index in [9.17, 15) is 9.59 Å². The standard InChI is InChI=1S/C13H12N2O3/c1-8-3-4-9(2)11(7-8)15-12(16)6-5-10(14-15)13(17)18/h3-7H,1-2H3,(H,17,18). The van der Waals surface area contributed by atoms with Crippen molar-refractivity contribution in [3.63, 3.8) is 0 Å². The van der Waals surface area contributed by atoms with Gasteiger partial charge in [0.25, 0.3) is 5.56 Å². The number of hydrogen-bond acceptors (Lipinski definition) is 3. The summed E-state index contributed by atoms with van der Waals surface area (Å²) in [6.45, 7) is 3.74. The summed E-state index contributed by atoms with van der Waals surface area (Å²) in [4.78, 5) is 22.6. The van der Waals surface area contributed by atoms with Crippen molar-refractivity contribution in [2.45, 2.75) is 13.8 Å². The minimum Gasteiger partial charge on any atom is -0.476 e. The fourth-order valence-corrected chi connectivity index (χ4v) is 1.65. The summed E-state index contributed by atoms with van der Waals surface area (Å²) >= 11 is 0. The molecule has 0 aliphatic rings. The SMILES string of the molecule is Cc1ccc(C)c(-n2nc(C(=O)O)ccc2=O)c1. The Morgan fingerprint density at radius 3 is 2.61 bits per heavy atom. The number of hydrogen-bond donors (Lipinski definition) is 1. The zero-order valence-electron chi connectivity index (χ0n) is 10.0. The highest BCUT2D eigenvalue weighted by molar-refractivity contribution is 5.84. The molecule has 92 valence electrons. The van der Waals surface area contributed by atoms with E-state index in [1.807, 2.05) is 26.0 Å². The molecule has 0 spiro atoms. The van der Waals surface area contributed by atoms with E-state index in [-0.39, 0.29) is 11.3 Å². The molecule has 2 rings (SSSR count). The Kier molecular flexibility index (Phi) is 2.97. The number of benzene rings is 1. The maximum atomic E-state index is 11.8. The third-order valence-electron chi connectivity index (χ3n) is 2.61. The predicted octanol–water partition coefficient (Wildman–Crippen LogP) is 1.55. The zero-order valence-corrected chi connectivity index (χ0v) is 10.0. The Labute approximate surface area is 103 Å². The molecular formula is C13H12N2O3. The molecule has 1 N–H and O–H groups in total. The van der Waals surface area contributed by atoms with Gasteiger partial charge in [-0.3, -0.25) is 4.79 Å². The lowest BCUT2D eigenvalue weighted by Crippen LogP contribution is -2.23. The molecule has 0 bridgehead atoms. The minimum absolute atomic E-state index is 0.157. The van der Waals surface area contributed by atoms with Gasteiger partial charge in [-0.15, -0.1) is 0 Å². The summed E-state index contributed by atoms with van der Waals surface area (Å²) in [5.41, 5.74) is 1.93. The maximum absolute atomic E-state index is 11.8. The van der Waals surface area contributed by atoms with Crippen LogP contribution in [0.25, 0.3) is 5.69 Å². The zero-order chi connectivity index (χ0) is 13.3. The number of nitrogens with zero attached hydrogens (tertiary/aromatic N) is 2. The third-order valence-corrected chi connectivity index (χ3v) is 2.61. The Morgan fingerprint density at radius 1 is 1.22 bits per heavy atom. The molecule has 0 saturated carbocycles. The van der Waals surface area contributed by atoms with E-state index in [4.69, 9.17) is 5.11 Å². The van der Waals surface area contributed by atoms with Gasteiger partial charge in [0.15, 0.2) is 5.69 Å². The smallest absolute Gasteiger partial charge is 0.356 e. The van der Waals surface area contributed by atoms with Crippen molar-refractivity contribution in [3.05, 3.63) is 57.5 Å². The van der Waals surface area contributed by atoms with Crippen molar-refractivity contribution in [2.24, 2.45) is 0 Å². The lowest BCUT2D eigenvalue weighted by atomic mass is 10.1. The van der Waals surface area contributed by atoms with E-state index in [1.165, 1.54) is 12.1 Å². The van der Waals surface area contributed by atoms with Gasteiger partial charge in [0.2, 0.25) is 0 Å². The van der Waals surface area contributed by atoms with Gasteiger partial charge in [0, 0.05) is 6.07 Å². The van der Waals surface area contributed by atoms with Gasteiger partial charge in [-0.05, 0) is 37.1 Å². The van der Waals surface area contributed by atoms with Crippen molar-refractivity contribution in [1.82, 2.24) is 9.78 Å². The van der Waals surface area contributed by atoms with E-state index < -0.39 is 5.97 Å². The molecule has 0 amide bonds. The molecule has 0 radical (unpaired) electrons. The molecule has 5 nitrogen and oxygen atoms in total. The van der Waals surface area contributed by atoms with Crippen LogP contribution in [-0.2, 0) is 0 Å². The van der Waals surface area contributed by atoms with Crippen molar-refractivity contribution >= 4 is 5.97 Å². The third kappa shape index (κ3) is 2.15. The monoisotopic (exact) mass is 244 g/mol. The molecule has 1 aromatic carbocycles. The average Bonchev–Trinajstić information content (AvgIpc) is 2.33. The molecule has 0 aliphatic heterocycles. The molecule has 1 heterocycles. The van der Waals surface area contributed by atoms with E-state index in [1.54, 1.807) is 6.07 Å². The first-order valence-electron chi connectivity index (χ1n) is 5.40. The van der Waals surface area contributed by atoms with Gasteiger partial charge in [0.1, 0.15) is 0 Å². The van der Waals surface area contributed by atoms with E-state index in [0.717, 1.165) is 15.8 Å². The van der Waals surface area contributed by atoms with E-state index >= 15 is 0 Å². The van der Waals surface area contributed by atoms with E-state index in [0.29, 0.717) is 5.69 Å². The highest BCUT2D eigenvalue weighted by Crippen LogP contribution is 2.13. The van der Waals surface area contributed by atoms with Gasteiger partial charge in [-0.25, -0.2) is 4.79 Å². The number of carboxylic acids is 1. The Balaban J connectivity index is 2.70. The highest BCUT2D eigenvalue weighted by Gasteiger charge is 2.10. The molecule has 2 aromatic rings. The van der Waals surface area contributed by atoms with Crippen molar-refractivity contribution in [3.8, 4) is 5.69 Å². The van der Waals surface area contributed by atoms with Crippen LogP contribution >= 0.6 is 0 Å². The van der Waals surface area contributed by atoms with Crippen LogP contribution < -0.4 is 5.56 Å². The Hall–Kier alpha value is -2.43.